The molecular weight excluding hydrogens is 213 g/mol. The number of hydrogen-bond acceptors (Lipinski definition) is 3. The van der Waals surface area contributed by atoms with E-state index in [4.69, 9.17) is 5.11 Å². The number of aromatic nitrogens is 3. The van der Waals surface area contributed by atoms with Crippen molar-refractivity contribution in [1.82, 2.24) is 15.0 Å². The van der Waals surface area contributed by atoms with Gasteiger partial charge in [0.2, 0.25) is 0 Å². The van der Waals surface area contributed by atoms with Crippen LogP contribution in [-0.4, -0.2) is 26.1 Å². The van der Waals surface area contributed by atoms with Crippen LogP contribution in [0.4, 0.5) is 4.39 Å². The fraction of sp³-hybridized carbons (Fsp3) is 0.100. The molecule has 0 saturated carbocycles. The van der Waals surface area contributed by atoms with Gasteiger partial charge in [-0.25, -0.2) is 9.18 Å². The smallest absolute Gasteiger partial charge is 0.337 e. The van der Waals surface area contributed by atoms with E-state index in [9.17, 15) is 9.18 Å². The fourth-order valence-corrected chi connectivity index (χ4v) is 1.44. The number of halogens is 1. The summed E-state index contributed by atoms with van der Waals surface area (Å²) in [4.78, 5) is 12.1. The Labute approximate surface area is 90.1 Å². The molecule has 16 heavy (non-hydrogen) atoms. The molecule has 1 aromatic carbocycles. The van der Waals surface area contributed by atoms with Crippen LogP contribution in [0.15, 0.2) is 24.5 Å². The highest BCUT2D eigenvalue weighted by Crippen LogP contribution is 2.20. The second-order valence-electron chi connectivity index (χ2n) is 3.19. The maximum atomic E-state index is 13.4. The van der Waals surface area contributed by atoms with E-state index in [1.807, 2.05) is 0 Å². The highest BCUT2D eigenvalue weighted by molar-refractivity contribution is 5.92. The SMILES string of the molecule is Cc1c(F)ccc(C(=O)O)c1-n1nccn1. The van der Waals surface area contributed by atoms with Crippen molar-refractivity contribution >= 4 is 5.97 Å². The van der Waals surface area contributed by atoms with Crippen LogP contribution in [0.5, 0.6) is 0 Å². The Hall–Kier alpha value is -2.24. The molecule has 0 fully saturated rings. The molecular formula is C10H8FN3O2. The molecule has 1 aromatic heterocycles. The summed E-state index contributed by atoms with van der Waals surface area (Å²) in [5.74, 6) is -1.63. The van der Waals surface area contributed by atoms with Crippen LogP contribution >= 0.6 is 0 Å². The minimum atomic E-state index is -1.14. The lowest BCUT2D eigenvalue weighted by atomic mass is 10.1. The lowest BCUT2D eigenvalue weighted by molar-refractivity contribution is 0.0696. The Bertz CT molecular complexity index is 537. The second-order valence-corrected chi connectivity index (χ2v) is 3.19. The predicted octanol–water partition coefficient (Wildman–Crippen LogP) is 1.41. The third-order valence-electron chi connectivity index (χ3n) is 2.21. The summed E-state index contributed by atoms with van der Waals surface area (Å²) in [6.07, 6.45) is 2.80. The van der Waals surface area contributed by atoms with Crippen molar-refractivity contribution in [3.05, 3.63) is 41.5 Å². The van der Waals surface area contributed by atoms with Gasteiger partial charge >= 0.3 is 5.97 Å². The van der Waals surface area contributed by atoms with Crippen LogP contribution in [0.1, 0.15) is 15.9 Å². The summed E-state index contributed by atoms with van der Waals surface area (Å²) < 4.78 is 13.4. The summed E-state index contributed by atoms with van der Waals surface area (Å²) in [5.41, 5.74) is 0.323. The molecule has 0 saturated heterocycles. The van der Waals surface area contributed by atoms with E-state index >= 15 is 0 Å². The van der Waals surface area contributed by atoms with Gasteiger partial charge in [0, 0.05) is 5.56 Å². The van der Waals surface area contributed by atoms with Crippen LogP contribution < -0.4 is 0 Å². The van der Waals surface area contributed by atoms with Gasteiger partial charge in [-0.05, 0) is 19.1 Å². The molecule has 0 aliphatic rings. The van der Waals surface area contributed by atoms with E-state index in [2.05, 4.69) is 10.2 Å². The topological polar surface area (TPSA) is 68.0 Å². The average molecular weight is 221 g/mol. The molecule has 2 aromatic rings. The molecule has 0 aliphatic heterocycles. The average Bonchev–Trinajstić information content (AvgIpc) is 2.74. The van der Waals surface area contributed by atoms with Gasteiger partial charge < -0.3 is 5.11 Å². The van der Waals surface area contributed by atoms with Crippen LogP contribution in [0.2, 0.25) is 0 Å². The monoisotopic (exact) mass is 221 g/mol. The van der Waals surface area contributed by atoms with Gasteiger partial charge in [0.05, 0.1) is 18.0 Å². The quantitative estimate of drug-likeness (QED) is 0.832. The maximum Gasteiger partial charge on any atom is 0.337 e. The third-order valence-corrected chi connectivity index (χ3v) is 2.21. The number of hydrogen-bond donors (Lipinski definition) is 1. The van der Waals surface area contributed by atoms with Crippen molar-refractivity contribution in [2.45, 2.75) is 6.92 Å². The van der Waals surface area contributed by atoms with Gasteiger partial charge in [0.1, 0.15) is 11.5 Å². The highest BCUT2D eigenvalue weighted by Gasteiger charge is 2.17. The van der Waals surface area contributed by atoms with Gasteiger partial charge in [0.25, 0.3) is 0 Å². The van der Waals surface area contributed by atoms with Gasteiger partial charge in [-0.3, -0.25) is 0 Å². The molecule has 0 atom stereocenters. The van der Waals surface area contributed by atoms with Crippen LogP contribution in [0.25, 0.3) is 5.69 Å². The first-order chi connectivity index (χ1) is 7.61. The summed E-state index contributed by atoms with van der Waals surface area (Å²) >= 11 is 0. The molecule has 0 bridgehead atoms. The van der Waals surface area contributed by atoms with Crippen molar-refractivity contribution < 1.29 is 14.3 Å². The van der Waals surface area contributed by atoms with E-state index < -0.39 is 11.8 Å². The van der Waals surface area contributed by atoms with Crippen molar-refractivity contribution in [3.8, 4) is 5.69 Å². The lowest BCUT2D eigenvalue weighted by Gasteiger charge is -2.08. The van der Waals surface area contributed by atoms with E-state index in [0.717, 1.165) is 10.9 Å². The van der Waals surface area contributed by atoms with Gasteiger partial charge in [0.15, 0.2) is 0 Å². The number of carboxylic acid groups (broad SMARTS) is 1. The van der Waals surface area contributed by atoms with E-state index in [1.165, 1.54) is 25.4 Å². The molecule has 0 amide bonds. The first kappa shape index (κ1) is 10.3. The first-order valence-corrected chi connectivity index (χ1v) is 4.50. The molecule has 0 spiro atoms. The van der Waals surface area contributed by atoms with E-state index in [0.29, 0.717) is 0 Å². The van der Waals surface area contributed by atoms with E-state index in [1.54, 1.807) is 0 Å². The zero-order valence-electron chi connectivity index (χ0n) is 8.38. The summed E-state index contributed by atoms with van der Waals surface area (Å²) in [5, 5.41) is 16.6. The second kappa shape index (κ2) is 3.73. The Kier molecular flexibility index (Phi) is 2.40. The fourth-order valence-electron chi connectivity index (χ4n) is 1.44. The predicted molar refractivity (Wildman–Crippen MR) is 53.0 cm³/mol. The number of benzene rings is 1. The molecule has 0 unspecified atom stereocenters. The van der Waals surface area contributed by atoms with E-state index in [-0.39, 0.29) is 16.8 Å². The Morgan fingerprint density at radius 1 is 1.38 bits per heavy atom. The minimum absolute atomic E-state index is 0.0323. The zero-order valence-corrected chi connectivity index (χ0v) is 8.38. The van der Waals surface area contributed by atoms with Crippen molar-refractivity contribution in [2.75, 3.05) is 0 Å². The van der Waals surface area contributed by atoms with Crippen LogP contribution in [0, 0.1) is 12.7 Å². The largest absolute Gasteiger partial charge is 0.478 e. The maximum absolute atomic E-state index is 13.4. The Morgan fingerprint density at radius 3 is 2.56 bits per heavy atom. The van der Waals surface area contributed by atoms with Gasteiger partial charge in [-0.2, -0.15) is 15.0 Å². The van der Waals surface area contributed by atoms with Gasteiger partial charge in [-0.1, -0.05) is 0 Å². The molecule has 0 aliphatic carbocycles. The molecule has 1 N–H and O–H groups in total. The Morgan fingerprint density at radius 2 is 2.00 bits per heavy atom. The summed E-state index contributed by atoms with van der Waals surface area (Å²) in [6.45, 7) is 1.49. The third kappa shape index (κ3) is 1.54. The normalized spacial score (nSPS) is 10.4. The highest BCUT2D eigenvalue weighted by atomic mass is 19.1. The standard InChI is InChI=1S/C10H8FN3O2/c1-6-8(11)3-2-7(10(15)16)9(6)14-12-4-5-13-14/h2-5H,1H3,(H,15,16). The number of carbonyl (C=O) groups is 1. The number of carboxylic acids is 1. The summed E-state index contributed by atoms with van der Waals surface area (Å²) in [7, 11) is 0. The zero-order chi connectivity index (χ0) is 11.7. The molecule has 0 radical (unpaired) electrons. The number of aromatic carboxylic acids is 1. The number of nitrogens with zero attached hydrogens (tertiary/aromatic N) is 3. The number of rotatable bonds is 2. The molecule has 2 rings (SSSR count). The molecule has 82 valence electrons. The van der Waals surface area contributed by atoms with Crippen molar-refractivity contribution in [2.24, 2.45) is 0 Å². The Balaban J connectivity index is 2.74. The van der Waals surface area contributed by atoms with Crippen molar-refractivity contribution in [3.63, 3.8) is 0 Å². The first-order valence-electron chi connectivity index (χ1n) is 4.50. The summed E-state index contributed by atoms with van der Waals surface area (Å²) in [6, 6.07) is 2.31. The molecule has 6 heteroatoms. The van der Waals surface area contributed by atoms with Crippen molar-refractivity contribution in [1.29, 1.82) is 0 Å². The van der Waals surface area contributed by atoms with Crippen LogP contribution in [0.3, 0.4) is 0 Å². The minimum Gasteiger partial charge on any atom is -0.478 e. The molecule has 5 nitrogen and oxygen atoms in total. The van der Waals surface area contributed by atoms with Crippen LogP contribution in [-0.2, 0) is 0 Å². The van der Waals surface area contributed by atoms with Gasteiger partial charge in [-0.15, -0.1) is 0 Å². The molecule has 1 heterocycles. The lowest BCUT2D eigenvalue weighted by Crippen LogP contribution is -2.11.